The minimum atomic E-state index is -0.584. The molecule has 0 aliphatic carbocycles. The van der Waals surface area contributed by atoms with Crippen LogP contribution < -0.4 is 14.8 Å². The molecule has 4 nitrogen and oxygen atoms in total. The molecule has 3 rings (SSSR count). The quantitative estimate of drug-likeness (QED) is 0.764. The Balaban J connectivity index is 1.77. The number of rotatable bonds is 5. The van der Waals surface area contributed by atoms with Crippen LogP contribution in [0, 0.1) is 6.92 Å². The van der Waals surface area contributed by atoms with E-state index in [1.165, 1.54) is 0 Å². The zero-order valence-electron chi connectivity index (χ0n) is 17.7. The van der Waals surface area contributed by atoms with Gasteiger partial charge >= 0.3 is 0 Å². The highest BCUT2D eigenvalue weighted by atomic mass is 16.5. The van der Waals surface area contributed by atoms with E-state index in [0.29, 0.717) is 12.3 Å². The summed E-state index contributed by atoms with van der Waals surface area (Å²) in [7, 11) is 0. The van der Waals surface area contributed by atoms with Crippen molar-refractivity contribution in [3.05, 3.63) is 59.2 Å². The Kier molecular flexibility index (Phi) is 5.69. The lowest BCUT2D eigenvalue weighted by atomic mass is 9.89. The maximum Gasteiger partial charge on any atom is 0.261 e. The van der Waals surface area contributed by atoms with Gasteiger partial charge < -0.3 is 14.8 Å². The summed E-state index contributed by atoms with van der Waals surface area (Å²) >= 11 is 0. The molecule has 2 aromatic carbocycles. The number of nitrogens with one attached hydrogen (secondary N) is 1. The highest BCUT2D eigenvalue weighted by molar-refractivity contribution is 5.81. The van der Waals surface area contributed by atoms with Gasteiger partial charge in [-0.15, -0.1) is 0 Å². The third-order valence-corrected chi connectivity index (χ3v) is 5.15. The van der Waals surface area contributed by atoms with Gasteiger partial charge in [0.05, 0.1) is 6.04 Å². The molecule has 0 unspecified atom stereocenters. The van der Waals surface area contributed by atoms with Crippen LogP contribution in [0.4, 0.5) is 0 Å². The van der Waals surface area contributed by atoms with E-state index < -0.39 is 6.10 Å². The first-order valence-corrected chi connectivity index (χ1v) is 10.0. The zero-order valence-corrected chi connectivity index (χ0v) is 17.7. The molecule has 2 aromatic rings. The number of fused-ring (bicyclic) bond motifs is 1. The van der Waals surface area contributed by atoms with Crippen molar-refractivity contribution in [3.8, 4) is 11.5 Å². The summed E-state index contributed by atoms with van der Waals surface area (Å²) < 4.78 is 12.1. The first kappa shape index (κ1) is 20.2. The highest BCUT2D eigenvalue weighted by Crippen LogP contribution is 2.40. The van der Waals surface area contributed by atoms with Crippen molar-refractivity contribution in [1.29, 1.82) is 0 Å². The predicted molar refractivity (Wildman–Crippen MR) is 112 cm³/mol. The fourth-order valence-corrected chi connectivity index (χ4v) is 3.70. The summed E-state index contributed by atoms with van der Waals surface area (Å²) in [4.78, 5) is 12.9. The van der Waals surface area contributed by atoms with Gasteiger partial charge in [-0.2, -0.15) is 0 Å². The molecular weight excluding hydrogens is 350 g/mol. The average molecular weight is 382 g/mol. The van der Waals surface area contributed by atoms with Crippen LogP contribution in [0.5, 0.6) is 11.5 Å². The fraction of sp³-hybridized carbons (Fsp3) is 0.458. The molecule has 1 amide bonds. The summed E-state index contributed by atoms with van der Waals surface area (Å²) in [6, 6.07) is 13.9. The van der Waals surface area contributed by atoms with E-state index >= 15 is 0 Å². The third-order valence-electron chi connectivity index (χ3n) is 5.15. The summed E-state index contributed by atoms with van der Waals surface area (Å²) in [5.74, 6) is 1.82. The molecular formula is C24H31NO3. The molecule has 1 heterocycles. The molecule has 0 bridgehead atoms. The van der Waals surface area contributed by atoms with Gasteiger partial charge in [-0.1, -0.05) is 49.7 Å². The van der Waals surface area contributed by atoms with Gasteiger partial charge in [0.25, 0.3) is 5.91 Å². The van der Waals surface area contributed by atoms with Crippen molar-refractivity contribution in [3.63, 3.8) is 0 Å². The highest BCUT2D eigenvalue weighted by Gasteiger charge is 2.35. The number of hydrogen-bond acceptors (Lipinski definition) is 3. The van der Waals surface area contributed by atoms with Crippen molar-refractivity contribution in [2.24, 2.45) is 0 Å². The van der Waals surface area contributed by atoms with Crippen LogP contribution in [0.1, 0.15) is 69.7 Å². The molecule has 0 spiro atoms. The molecule has 150 valence electrons. The summed E-state index contributed by atoms with van der Waals surface area (Å²) in [5, 5.41) is 3.18. The molecule has 0 aromatic heterocycles. The van der Waals surface area contributed by atoms with Crippen molar-refractivity contribution < 1.29 is 14.3 Å². The van der Waals surface area contributed by atoms with Gasteiger partial charge in [-0.3, -0.25) is 4.79 Å². The largest absolute Gasteiger partial charge is 0.487 e. The SMILES string of the molecule is Cc1ccc2c(c1)[C@@H](NC(=O)[C@@H](C)Oc1ccccc1C(C)C)CC(C)(C)O2. The number of carbonyl (C=O) groups excluding carboxylic acids is 1. The number of carbonyl (C=O) groups is 1. The maximum absolute atomic E-state index is 12.9. The van der Waals surface area contributed by atoms with Crippen molar-refractivity contribution in [2.75, 3.05) is 0 Å². The van der Waals surface area contributed by atoms with E-state index in [1.54, 1.807) is 6.92 Å². The second-order valence-corrected chi connectivity index (χ2v) is 8.62. The Hall–Kier alpha value is -2.49. The Bertz CT molecular complexity index is 857. The monoisotopic (exact) mass is 381 g/mol. The minimum Gasteiger partial charge on any atom is -0.487 e. The number of aryl methyl sites for hydroxylation is 1. The van der Waals surface area contributed by atoms with Crippen LogP contribution >= 0.6 is 0 Å². The van der Waals surface area contributed by atoms with Crippen molar-refractivity contribution >= 4 is 5.91 Å². The molecule has 4 heteroatoms. The predicted octanol–water partition coefficient (Wildman–Crippen LogP) is 5.30. The number of ether oxygens (including phenoxy) is 2. The molecule has 0 saturated heterocycles. The van der Waals surface area contributed by atoms with Crippen molar-refractivity contribution in [1.82, 2.24) is 5.32 Å². The van der Waals surface area contributed by atoms with Crippen LogP contribution in [-0.2, 0) is 4.79 Å². The molecule has 1 aliphatic rings. The standard InChI is InChI=1S/C24H31NO3/c1-15(2)18-9-7-8-10-21(18)27-17(4)23(26)25-20-14-24(5,6)28-22-12-11-16(3)13-19(20)22/h7-13,15,17,20H,14H2,1-6H3,(H,25,26)/t17-,20+/m1/s1. The lowest BCUT2D eigenvalue weighted by Crippen LogP contribution is -2.44. The lowest BCUT2D eigenvalue weighted by Gasteiger charge is -2.38. The topological polar surface area (TPSA) is 47.6 Å². The van der Waals surface area contributed by atoms with Crippen LogP contribution in [0.2, 0.25) is 0 Å². The van der Waals surface area contributed by atoms with Crippen LogP contribution in [-0.4, -0.2) is 17.6 Å². The summed E-state index contributed by atoms with van der Waals surface area (Å²) in [6.07, 6.45) is 0.129. The lowest BCUT2D eigenvalue weighted by molar-refractivity contribution is -0.128. The molecule has 0 fully saturated rings. The number of amides is 1. The van der Waals surface area contributed by atoms with Crippen LogP contribution in [0.25, 0.3) is 0 Å². The van der Waals surface area contributed by atoms with Gasteiger partial charge in [0.15, 0.2) is 6.10 Å². The second-order valence-electron chi connectivity index (χ2n) is 8.62. The van der Waals surface area contributed by atoms with Gasteiger partial charge in [0.2, 0.25) is 0 Å². The van der Waals surface area contributed by atoms with E-state index in [9.17, 15) is 4.79 Å². The van der Waals surface area contributed by atoms with Crippen LogP contribution in [0.3, 0.4) is 0 Å². The van der Waals surface area contributed by atoms with E-state index in [4.69, 9.17) is 9.47 Å². The Morgan fingerprint density at radius 1 is 1.18 bits per heavy atom. The number of para-hydroxylation sites is 1. The fourth-order valence-electron chi connectivity index (χ4n) is 3.70. The summed E-state index contributed by atoms with van der Waals surface area (Å²) in [5.41, 5.74) is 2.95. The smallest absolute Gasteiger partial charge is 0.261 e. The molecule has 28 heavy (non-hydrogen) atoms. The molecule has 0 saturated carbocycles. The van der Waals surface area contributed by atoms with Crippen LogP contribution in [0.15, 0.2) is 42.5 Å². The van der Waals surface area contributed by atoms with Gasteiger partial charge in [0, 0.05) is 12.0 Å². The molecule has 0 radical (unpaired) electrons. The normalized spacial score (nSPS) is 18.8. The van der Waals surface area contributed by atoms with E-state index in [1.807, 2.05) is 57.2 Å². The van der Waals surface area contributed by atoms with Gasteiger partial charge in [0.1, 0.15) is 17.1 Å². The zero-order chi connectivity index (χ0) is 20.5. The van der Waals surface area contributed by atoms with E-state index in [-0.39, 0.29) is 17.6 Å². The average Bonchev–Trinajstić information content (AvgIpc) is 2.62. The second kappa shape index (κ2) is 7.86. The Morgan fingerprint density at radius 2 is 1.89 bits per heavy atom. The molecule has 1 N–H and O–H groups in total. The summed E-state index contributed by atoms with van der Waals surface area (Å²) in [6.45, 7) is 12.2. The third kappa shape index (κ3) is 4.49. The molecule has 2 atom stereocenters. The van der Waals surface area contributed by atoms with Gasteiger partial charge in [-0.25, -0.2) is 0 Å². The van der Waals surface area contributed by atoms with E-state index in [2.05, 4.69) is 25.2 Å². The molecule has 1 aliphatic heterocycles. The maximum atomic E-state index is 12.9. The number of hydrogen-bond donors (Lipinski definition) is 1. The van der Waals surface area contributed by atoms with E-state index in [0.717, 1.165) is 28.2 Å². The first-order valence-electron chi connectivity index (χ1n) is 10.0. The minimum absolute atomic E-state index is 0.0995. The van der Waals surface area contributed by atoms with Crippen molar-refractivity contribution in [2.45, 2.75) is 71.6 Å². The van der Waals surface area contributed by atoms with Gasteiger partial charge in [-0.05, 0) is 51.3 Å². The first-order chi connectivity index (χ1) is 13.2. The Labute approximate surface area is 168 Å². The Morgan fingerprint density at radius 3 is 2.61 bits per heavy atom. The number of benzene rings is 2.